The average Bonchev–Trinajstić information content (AvgIpc) is 3.05. The van der Waals surface area contributed by atoms with Gasteiger partial charge in [-0.1, -0.05) is 23.4 Å². The molecule has 1 aliphatic heterocycles. The Morgan fingerprint density at radius 2 is 2.08 bits per heavy atom. The Bertz CT molecular complexity index is 978. The fourth-order valence-electron chi connectivity index (χ4n) is 3.17. The van der Waals surface area contributed by atoms with Crippen LogP contribution in [0.1, 0.15) is 17.3 Å². The molecule has 3 heterocycles. The van der Waals surface area contributed by atoms with Crippen LogP contribution in [0.25, 0.3) is 11.0 Å². The molecule has 0 saturated carbocycles. The smallest absolute Gasteiger partial charge is 0.220 e. The molecule has 0 amide bonds. The largest absolute Gasteiger partial charge is 0.356 e. The molecule has 2 aromatic heterocycles. The first-order valence-electron chi connectivity index (χ1n) is 8.08. The standard InChI is InChI=1S/C17H18N4O3S.ClH/c22-25(23,12-15-14-5-1-2-6-17(14)24-20-15)21-9-8-19-11-16(21)13-4-3-7-18-10-13;/h1-7,10,16,19H,8-9,11-12H2;1H. The summed E-state index contributed by atoms with van der Waals surface area (Å²) in [7, 11) is -3.55. The topological polar surface area (TPSA) is 88.3 Å². The van der Waals surface area contributed by atoms with Gasteiger partial charge in [-0.3, -0.25) is 4.98 Å². The second kappa shape index (κ2) is 7.71. The predicted molar refractivity (Wildman–Crippen MR) is 100 cm³/mol. The number of nitrogens with zero attached hydrogens (tertiary/aromatic N) is 3. The lowest BCUT2D eigenvalue weighted by molar-refractivity contribution is 0.270. The van der Waals surface area contributed by atoms with E-state index in [1.54, 1.807) is 22.8 Å². The number of hydrogen-bond donors (Lipinski definition) is 1. The molecule has 1 saturated heterocycles. The molecule has 1 fully saturated rings. The Hall–Kier alpha value is -2.00. The molecule has 138 valence electrons. The van der Waals surface area contributed by atoms with Crippen molar-refractivity contribution in [3.63, 3.8) is 0 Å². The van der Waals surface area contributed by atoms with Crippen LogP contribution >= 0.6 is 12.4 Å². The summed E-state index contributed by atoms with van der Waals surface area (Å²) in [4.78, 5) is 4.12. The van der Waals surface area contributed by atoms with Gasteiger partial charge in [-0.15, -0.1) is 12.4 Å². The zero-order valence-corrected chi connectivity index (χ0v) is 15.5. The summed E-state index contributed by atoms with van der Waals surface area (Å²) < 4.78 is 32.9. The molecule has 0 radical (unpaired) electrons. The SMILES string of the molecule is Cl.O=S(=O)(Cc1noc2ccccc12)N1CCNCC1c1cccnc1. The van der Waals surface area contributed by atoms with E-state index in [-0.39, 0.29) is 24.2 Å². The molecule has 1 aromatic carbocycles. The van der Waals surface area contributed by atoms with Crippen LogP contribution in [-0.2, 0) is 15.8 Å². The Morgan fingerprint density at radius 3 is 2.88 bits per heavy atom. The average molecular weight is 395 g/mol. The van der Waals surface area contributed by atoms with Crippen molar-refractivity contribution in [2.45, 2.75) is 11.8 Å². The van der Waals surface area contributed by atoms with E-state index in [2.05, 4.69) is 15.5 Å². The summed E-state index contributed by atoms with van der Waals surface area (Å²) in [5.41, 5.74) is 1.92. The summed E-state index contributed by atoms with van der Waals surface area (Å²) in [6, 6.07) is 10.7. The summed E-state index contributed by atoms with van der Waals surface area (Å²) in [6.07, 6.45) is 3.39. The maximum atomic E-state index is 13.1. The van der Waals surface area contributed by atoms with Crippen LogP contribution in [0.4, 0.5) is 0 Å². The van der Waals surface area contributed by atoms with E-state index in [0.29, 0.717) is 30.9 Å². The quantitative estimate of drug-likeness (QED) is 0.729. The van der Waals surface area contributed by atoms with Crippen LogP contribution in [0.5, 0.6) is 0 Å². The number of halogens is 1. The summed E-state index contributed by atoms with van der Waals surface area (Å²) in [5, 5.41) is 7.96. The molecule has 1 aliphatic rings. The minimum atomic E-state index is -3.55. The van der Waals surface area contributed by atoms with E-state index in [0.717, 1.165) is 10.9 Å². The number of pyridine rings is 1. The Kier molecular flexibility index (Phi) is 5.57. The van der Waals surface area contributed by atoms with E-state index in [1.807, 2.05) is 30.3 Å². The van der Waals surface area contributed by atoms with Gasteiger partial charge >= 0.3 is 0 Å². The molecular weight excluding hydrogens is 376 g/mol. The van der Waals surface area contributed by atoms with Gasteiger partial charge in [-0.2, -0.15) is 4.31 Å². The second-order valence-corrected chi connectivity index (χ2v) is 7.92. The van der Waals surface area contributed by atoms with Crippen LogP contribution < -0.4 is 5.32 Å². The lowest BCUT2D eigenvalue weighted by Gasteiger charge is -2.35. The van der Waals surface area contributed by atoms with Gasteiger partial charge in [0.1, 0.15) is 11.4 Å². The number of aromatic nitrogens is 2. The summed E-state index contributed by atoms with van der Waals surface area (Å²) in [6.45, 7) is 1.59. The summed E-state index contributed by atoms with van der Waals surface area (Å²) >= 11 is 0. The van der Waals surface area contributed by atoms with Gasteiger partial charge in [0, 0.05) is 37.4 Å². The van der Waals surface area contributed by atoms with E-state index in [1.165, 1.54) is 0 Å². The lowest BCUT2D eigenvalue weighted by atomic mass is 10.1. The van der Waals surface area contributed by atoms with Crippen molar-refractivity contribution in [1.29, 1.82) is 0 Å². The number of sulfonamides is 1. The van der Waals surface area contributed by atoms with Crippen molar-refractivity contribution in [1.82, 2.24) is 19.8 Å². The number of hydrogen-bond acceptors (Lipinski definition) is 6. The van der Waals surface area contributed by atoms with Gasteiger partial charge in [-0.05, 0) is 23.8 Å². The third-order valence-electron chi connectivity index (χ3n) is 4.39. The molecular formula is C17H19ClN4O3S. The number of nitrogens with one attached hydrogen (secondary N) is 1. The molecule has 0 aliphatic carbocycles. The molecule has 0 spiro atoms. The van der Waals surface area contributed by atoms with E-state index < -0.39 is 10.0 Å². The van der Waals surface area contributed by atoms with E-state index in [9.17, 15) is 8.42 Å². The molecule has 1 N–H and O–H groups in total. The fourth-order valence-corrected chi connectivity index (χ4v) is 4.85. The number of fused-ring (bicyclic) bond motifs is 1. The maximum Gasteiger partial charge on any atom is 0.220 e. The van der Waals surface area contributed by atoms with E-state index >= 15 is 0 Å². The van der Waals surface area contributed by atoms with Crippen molar-refractivity contribution in [2.24, 2.45) is 0 Å². The molecule has 7 nitrogen and oxygen atoms in total. The van der Waals surface area contributed by atoms with Gasteiger partial charge in [0.2, 0.25) is 10.0 Å². The van der Waals surface area contributed by atoms with E-state index in [4.69, 9.17) is 4.52 Å². The molecule has 9 heteroatoms. The van der Waals surface area contributed by atoms with Crippen LogP contribution in [-0.4, -0.2) is 42.5 Å². The zero-order valence-electron chi connectivity index (χ0n) is 13.9. The Labute approximate surface area is 157 Å². The normalized spacial score (nSPS) is 18.5. The van der Waals surface area contributed by atoms with Gasteiger partial charge in [0.05, 0.1) is 6.04 Å². The number of piperazine rings is 1. The highest BCUT2D eigenvalue weighted by atomic mass is 35.5. The first-order valence-corrected chi connectivity index (χ1v) is 9.69. The monoisotopic (exact) mass is 394 g/mol. The molecule has 1 unspecified atom stereocenters. The van der Waals surface area contributed by atoms with Crippen molar-refractivity contribution < 1.29 is 12.9 Å². The van der Waals surface area contributed by atoms with Crippen molar-refractivity contribution in [3.8, 4) is 0 Å². The first kappa shape index (κ1) is 18.8. The van der Waals surface area contributed by atoms with Gasteiger partial charge in [0.15, 0.2) is 5.58 Å². The lowest BCUT2D eigenvalue weighted by Crippen LogP contribution is -2.49. The van der Waals surface area contributed by atoms with Gasteiger partial charge in [-0.25, -0.2) is 8.42 Å². The fraction of sp³-hybridized carbons (Fsp3) is 0.294. The zero-order chi connectivity index (χ0) is 17.3. The number of benzene rings is 1. The minimum absolute atomic E-state index is 0. The highest BCUT2D eigenvalue weighted by molar-refractivity contribution is 7.88. The maximum absolute atomic E-state index is 13.1. The highest BCUT2D eigenvalue weighted by Crippen LogP contribution is 2.28. The third kappa shape index (κ3) is 3.59. The highest BCUT2D eigenvalue weighted by Gasteiger charge is 2.34. The van der Waals surface area contributed by atoms with Crippen molar-refractivity contribution in [3.05, 3.63) is 60.0 Å². The van der Waals surface area contributed by atoms with Crippen LogP contribution in [0, 0.1) is 0 Å². The van der Waals surface area contributed by atoms with Crippen molar-refractivity contribution in [2.75, 3.05) is 19.6 Å². The number of para-hydroxylation sites is 1. The van der Waals surface area contributed by atoms with Gasteiger partial charge < -0.3 is 9.84 Å². The summed E-state index contributed by atoms with van der Waals surface area (Å²) in [5.74, 6) is -0.180. The van der Waals surface area contributed by atoms with Crippen molar-refractivity contribution >= 4 is 33.4 Å². The molecule has 26 heavy (non-hydrogen) atoms. The Balaban J connectivity index is 0.00000196. The second-order valence-electron chi connectivity index (χ2n) is 6.00. The van der Waals surface area contributed by atoms with Gasteiger partial charge in [0.25, 0.3) is 0 Å². The number of rotatable bonds is 4. The predicted octanol–water partition coefficient (Wildman–Crippen LogP) is 2.12. The Morgan fingerprint density at radius 1 is 1.23 bits per heavy atom. The van der Waals surface area contributed by atoms with Crippen LogP contribution in [0.3, 0.4) is 0 Å². The third-order valence-corrected chi connectivity index (χ3v) is 6.18. The molecule has 3 aromatic rings. The molecule has 1 atom stereocenters. The van der Waals surface area contributed by atoms with Crippen LogP contribution in [0.2, 0.25) is 0 Å². The molecule has 0 bridgehead atoms. The first-order chi connectivity index (χ1) is 12.1. The minimum Gasteiger partial charge on any atom is -0.356 e. The molecule has 4 rings (SSSR count). The van der Waals surface area contributed by atoms with Crippen LogP contribution in [0.15, 0.2) is 53.3 Å².